The molecule has 2 heteroatoms. The number of furan rings is 1. The summed E-state index contributed by atoms with van der Waals surface area (Å²) in [6.07, 6.45) is 0. The lowest BCUT2D eigenvalue weighted by molar-refractivity contribution is 0.632. The first-order chi connectivity index (χ1) is 24.8. The van der Waals surface area contributed by atoms with Crippen LogP contribution in [0.2, 0.25) is 0 Å². The number of nitrogens with zero attached hydrogens (tertiary/aromatic N) is 1. The van der Waals surface area contributed by atoms with E-state index in [1.54, 1.807) is 0 Å². The Morgan fingerprint density at radius 3 is 1.52 bits per heavy atom. The third kappa shape index (κ3) is 5.53. The third-order valence-corrected chi connectivity index (χ3v) is 9.51. The van der Waals surface area contributed by atoms with E-state index in [0.29, 0.717) is 0 Å². The monoisotopic (exact) mass is 639 g/mol. The van der Waals surface area contributed by atoms with E-state index in [1.807, 2.05) is 18.2 Å². The molecule has 0 radical (unpaired) electrons. The summed E-state index contributed by atoms with van der Waals surface area (Å²) in [6.45, 7) is 0. The smallest absolute Gasteiger partial charge is 0.136 e. The average Bonchev–Trinajstić information content (AvgIpc) is 3.63. The van der Waals surface area contributed by atoms with Crippen molar-refractivity contribution in [3.05, 3.63) is 200 Å². The Morgan fingerprint density at radius 2 is 0.800 bits per heavy atom. The highest BCUT2D eigenvalue weighted by molar-refractivity contribution is 5.97. The Hall–Kier alpha value is -6.64. The van der Waals surface area contributed by atoms with Crippen LogP contribution in [-0.4, -0.2) is 0 Å². The molecule has 0 fully saturated rings. The summed E-state index contributed by atoms with van der Waals surface area (Å²) in [5.41, 5.74) is 12.4. The maximum absolute atomic E-state index is 6.27. The van der Waals surface area contributed by atoms with Crippen LogP contribution < -0.4 is 4.90 Å². The molecule has 0 unspecified atom stereocenters. The lowest BCUT2D eigenvalue weighted by Gasteiger charge is -2.26. The lowest BCUT2D eigenvalue weighted by Crippen LogP contribution is -2.09. The Balaban J connectivity index is 1.02. The van der Waals surface area contributed by atoms with Gasteiger partial charge in [-0.2, -0.15) is 0 Å². The Morgan fingerprint density at radius 1 is 0.320 bits per heavy atom. The van der Waals surface area contributed by atoms with Crippen LogP contribution in [0.15, 0.2) is 205 Å². The third-order valence-electron chi connectivity index (χ3n) is 9.51. The van der Waals surface area contributed by atoms with Gasteiger partial charge in [-0.3, -0.25) is 0 Å². The molecule has 2 nitrogen and oxygen atoms in total. The SMILES string of the molecule is c1ccc(N(c2ccc(-c3ccc(-c4cccc5ccccc45)cc3)cc2)c2ccc(-c3ccccc3-c3cc4ccccc4o3)cc2)cc1. The zero-order chi connectivity index (χ0) is 33.3. The zero-order valence-corrected chi connectivity index (χ0v) is 27.4. The molecular formula is C48H33NO. The molecule has 0 aliphatic rings. The minimum absolute atomic E-state index is 0.875. The van der Waals surface area contributed by atoms with E-state index >= 15 is 0 Å². The van der Waals surface area contributed by atoms with Crippen molar-refractivity contribution >= 4 is 38.8 Å². The molecule has 1 heterocycles. The number of para-hydroxylation sites is 2. The highest BCUT2D eigenvalue weighted by Gasteiger charge is 2.15. The molecule has 0 atom stereocenters. The molecule has 9 aromatic rings. The first-order valence-electron chi connectivity index (χ1n) is 17.0. The molecular weight excluding hydrogens is 607 g/mol. The molecule has 1 aromatic heterocycles. The first kappa shape index (κ1) is 29.5. The van der Waals surface area contributed by atoms with Crippen molar-refractivity contribution in [1.29, 1.82) is 0 Å². The van der Waals surface area contributed by atoms with Crippen molar-refractivity contribution < 1.29 is 4.42 Å². The lowest BCUT2D eigenvalue weighted by atomic mass is 9.96. The van der Waals surface area contributed by atoms with Crippen molar-refractivity contribution in [3.8, 4) is 44.7 Å². The average molecular weight is 640 g/mol. The standard InChI is InChI=1S/C48H33NO/c1-2-14-40(15-3-1)49(42-31-27-38(28-32-42)45-17-7-8-18-46(45)48-33-39-12-5-9-20-47(39)50-48)41-29-25-35(26-30-41)34-21-23-37(24-22-34)44-19-10-13-36-11-4-6-16-43(36)44/h1-33H. The highest BCUT2D eigenvalue weighted by atomic mass is 16.3. The van der Waals surface area contributed by atoms with Crippen LogP contribution in [0.4, 0.5) is 17.1 Å². The maximum atomic E-state index is 6.27. The van der Waals surface area contributed by atoms with E-state index in [4.69, 9.17) is 4.42 Å². The van der Waals surface area contributed by atoms with Gasteiger partial charge in [0.2, 0.25) is 0 Å². The molecule has 0 spiro atoms. The number of benzene rings is 8. The molecule has 0 amide bonds. The Kier molecular flexibility index (Phi) is 7.53. The molecule has 236 valence electrons. The Labute approximate surface area is 292 Å². The predicted molar refractivity (Wildman–Crippen MR) is 210 cm³/mol. The highest BCUT2D eigenvalue weighted by Crippen LogP contribution is 2.39. The van der Waals surface area contributed by atoms with E-state index in [9.17, 15) is 0 Å². The van der Waals surface area contributed by atoms with Crippen molar-refractivity contribution in [2.24, 2.45) is 0 Å². The van der Waals surface area contributed by atoms with Crippen molar-refractivity contribution in [2.45, 2.75) is 0 Å². The molecule has 50 heavy (non-hydrogen) atoms. The fourth-order valence-corrected chi connectivity index (χ4v) is 7.00. The number of hydrogen-bond acceptors (Lipinski definition) is 2. The predicted octanol–water partition coefficient (Wildman–Crippen LogP) is 13.7. The van der Waals surface area contributed by atoms with Gasteiger partial charge in [0.15, 0.2) is 0 Å². The van der Waals surface area contributed by atoms with Crippen LogP contribution in [0.1, 0.15) is 0 Å². The van der Waals surface area contributed by atoms with Gasteiger partial charge in [0.1, 0.15) is 11.3 Å². The fraction of sp³-hybridized carbons (Fsp3) is 0. The van der Waals surface area contributed by atoms with Gasteiger partial charge in [-0.05, 0) is 92.7 Å². The van der Waals surface area contributed by atoms with Crippen molar-refractivity contribution in [2.75, 3.05) is 4.90 Å². The molecule has 0 saturated heterocycles. The van der Waals surface area contributed by atoms with Gasteiger partial charge in [-0.15, -0.1) is 0 Å². The normalized spacial score (nSPS) is 11.2. The van der Waals surface area contributed by atoms with Gasteiger partial charge >= 0.3 is 0 Å². The minimum Gasteiger partial charge on any atom is -0.456 e. The van der Waals surface area contributed by atoms with Gasteiger partial charge < -0.3 is 9.32 Å². The van der Waals surface area contributed by atoms with Gasteiger partial charge in [0.25, 0.3) is 0 Å². The molecule has 0 bridgehead atoms. The topological polar surface area (TPSA) is 16.4 Å². The van der Waals surface area contributed by atoms with Crippen LogP contribution in [0.5, 0.6) is 0 Å². The maximum Gasteiger partial charge on any atom is 0.136 e. The molecule has 8 aromatic carbocycles. The van der Waals surface area contributed by atoms with E-state index in [-0.39, 0.29) is 0 Å². The summed E-state index contributed by atoms with van der Waals surface area (Å²) in [4.78, 5) is 2.31. The number of rotatable bonds is 7. The van der Waals surface area contributed by atoms with Crippen LogP contribution in [-0.2, 0) is 0 Å². The van der Waals surface area contributed by atoms with Crippen LogP contribution in [0, 0.1) is 0 Å². The second kappa shape index (κ2) is 12.8. The quantitative estimate of drug-likeness (QED) is 0.173. The second-order valence-electron chi connectivity index (χ2n) is 12.6. The van der Waals surface area contributed by atoms with Crippen LogP contribution in [0.3, 0.4) is 0 Å². The largest absolute Gasteiger partial charge is 0.456 e. The van der Waals surface area contributed by atoms with Gasteiger partial charge in [0, 0.05) is 28.0 Å². The fourth-order valence-electron chi connectivity index (χ4n) is 7.00. The van der Waals surface area contributed by atoms with Crippen molar-refractivity contribution in [1.82, 2.24) is 0 Å². The van der Waals surface area contributed by atoms with Crippen LogP contribution in [0.25, 0.3) is 66.4 Å². The summed E-state index contributed by atoms with van der Waals surface area (Å²) in [5.74, 6) is 0.875. The molecule has 0 saturated carbocycles. The number of anilines is 3. The van der Waals surface area contributed by atoms with E-state index in [1.165, 1.54) is 33.0 Å². The second-order valence-corrected chi connectivity index (χ2v) is 12.6. The Bertz CT molecular complexity index is 2530. The number of fused-ring (bicyclic) bond motifs is 2. The summed E-state index contributed by atoms with van der Waals surface area (Å²) in [6, 6.07) is 71.0. The van der Waals surface area contributed by atoms with Crippen molar-refractivity contribution in [3.63, 3.8) is 0 Å². The summed E-state index contributed by atoms with van der Waals surface area (Å²) in [7, 11) is 0. The summed E-state index contributed by atoms with van der Waals surface area (Å²) >= 11 is 0. The van der Waals surface area contributed by atoms with Crippen LogP contribution >= 0.6 is 0 Å². The molecule has 0 aliphatic heterocycles. The zero-order valence-electron chi connectivity index (χ0n) is 27.4. The van der Waals surface area contributed by atoms with E-state index in [0.717, 1.165) is 50.5 Å². The van der Waals surface area contributed by atoms with Gasteiger partial charge in [0.05, 0.1) is 0 Å². The molecule has 0 aliphatic carbocycles. The molecule has 0 N–H and O–H groups in total. The summed E-state index contributed by atoms with van der Waals surface area (Å²) < 4.78 is 6.27. The minimum atomic E-state index is 0.875. The first-order valence-corrected chi connectivity index (χ1v) is 17.0. The summed E-state index contributed by atoms with van der Waals surface area (Å²) in [5, 5.41) is 3.64. The van der Waals surface area contributed by atoms with E-state index in [2.05, 4.69) is 187 Å². The van der Waals surface area contributed by atoms with Gasteiger partial charge in [-0.25, -0.2) is 0 Å². The number of hydrogen-bond donors (Lipinski definition) is 0. The van der Waals surface area contributed by atoms with E-state index < -0.39 is 0 Å². The van der Waals surface area contributed by atoms with Gasteiger partial charge in [-0.1, -0.05) is 152 Å². The molecule has 9 rings (SSSR count).